The summed E-state index contributed by atoms with van der Waals surface area (Å²) in [4.78, 5) is 16.3. The van der Waals surface area contributed by atoms with Crippen molar-refractivity contribution >= 4 is 17.1 Å². The average Bonchev–Trinajstić information content (AvgIpc) is 2.69. The first-order chi connectivity index (χ1) is 8.54. The maximum absolute atomic E-state index is 12.0. The van der Waals surface area contributed by atoms with Gasteiger partial charge in [-0.1, -0.05) is 18.2 Å². The largest absolute Gasteiger partial charge is 0.299 e. The van der Waals surface area contributed by atoms with E-state index < -0.39 is 0 Å². The lowest BCUT2D eigenvalue weighted by atomic mass is 10.0. The summed E-state index contributed by atoms with van der Waals surface area (Å²) >= 11 is 1.59. The number of hydrogen-bond donors (Lipinski definition) is 0. The van der Waals surface area contributed by atoms with Crippen LogP contribution in [-0.2, 0) is 17.6 Å². The lowest BCUT2D eigenvalue weighted by Gasteiger charge is -2.04. The number of carbonyl (C=O) groups excluding carboxylic acids is 1. The Kier molecular flexibility index (Phi) is 3.92. The van der Waals surface area contributed by atoms with Crippen molar-refractivity contribution in [2.45, 2.75) is 33.6 Å². The number of aromatic nitrogens is 1. The van der Waals surface area contributed by atoms with E-state index in [1.54, 1.807) is 11.3 Å². The molecule has 94 valence electrons. The van der Waals surface area contributed by atoms with E-state index in [0.29, 0.717) is 12.8 Å². The van der Waals surface area contributed by atoms with Crippen LogP contribution >= 0.6 is 11.3 Å². The van der Waals surface area contributed by atoms with Gasteiger partial charge >= 0.3 is 0 Å². The summed E-state index contributed by atoms with van der Waals surface area (Å²) in [5.74, 6) is 0.226. The molecule has 0 aliphatic rings. The van der Waals surface area contributed by atoms with Gasteiger partial charge in [0, 0.05) is 18.2 Å². The molecule has 0 unspecified atom stereocenters. The number of nitrogens with zero attached hydrogens (tertiary/aromatic N) is 1. The third-order valence-electron chi connectivity index (χ3n) is 3.02. The molecule has 2 aromatic rings. The van der Waals surface area contributed by atoms with Crippen LogP contribution in [0.5, 0.6) is 0 Å². The molecule has 0 aliphatic heterocycles. The molecule has 0 bridgehead atoms. The van der Waals surface area contributed by atoms with Gasteiger partial charge in [0.15, 0.2) is 0 Å². The van der Waals surface area contributed by atoms with Gasteiger partial charge < -0.3 is 0 Å². The van der Waals surface area contributed by atoms with Crippen molar-refractivity contribution < 1.29 is 4.79 Å². The fraction of sp³-hybridized carbons (Fsp3) is 0.333. The topological polar surface area (TPSA) is 30.0 Å². The second-order valence-electron chi connectivity index (χ2n) is 4.67. The first-order valence-electron chi connectivity index (χ1n) is 6.03. The van der Waals surface area contributed by atoms with E-state index >= 15 is 0 Å². The molecule has 0 saturated carbocycles. The van der Waals surface area contributed by atoms with Crippen molar-refractivity contribution in [2.24, 2.45) is 0 Å². The fourth-order valence-corrected chi connectivity index (χ4v) is 2.51. The molecule has 0 N–H and O–H groups in total. The molecule has 0 atom stereocenters. The van der Waals surface area contributed by atoms with Gasteiger partial charge in [-0.05, 0) is 37.5 Å². The number of ketones is 1. The molecule has 0 saturated heterocycles. The Balaban J connectivity index is 2.00. The highest BCUT2D eigenvalue weighted by molar-refractivity contribution is 7.09. The summed E-state index contributed by atoms with van der Waals surface area (Å²) in [5, 5.41) is 2.98. The minimum atomic E-state index is 0.226. The van der Waals surface area contributed by atoms with Crippen LogP contribution in [0, 0.1) is 20.8 Å². The summed E-state index contributed by atoms with van der Waals surface area (Å²) in [7, 11) is 0. The fourth-order valence-electron chi connectivity index (χ4n) is 1.90. The lowest BCUT2D eigenvalue weighted by Crippen LogP contribution is -2.07. The van der Waals surface area contributed by atoms with Crippen LogP contribution in [0.25, 0.3) is 0 Å². The number of Topliss-reactive ketones (excluding diaryl/α,β-unsaturated/α-hetero) is 1. The number of carbonyl (C=O) groups is 1. The van der Waals surface area contributed by atoms with Crippen LogP contribution in [0.2, 0.25) is 0 Å². The highest BCUT2D eigenvalue weighted by Gasteiger charge is 2.08. The van der Waals surface area contributed by atoms with Gasteiger partial charge in [-0.25, -0.2) is 4.98 Å². The van der Waals surface area contributed by atoms with Crippen LogP contribution in [0.3, 0.4) is 0 Å². The second-order valence-corrected chi connectivity index (χ2v) is 5.73. The average molecular weight is 259 g/mol. The van der Waals surface area contributed by atoms with Gasteiger partial charge in [0.1, 0.15) is 5.78 Å². The van der Waals surface area contributed by atoms with Crippen molar-refractivity contribution in [3.63, 3.8) is 0 Å². The SMILES string of the molecule is Cc1nc(CC(=O)Cc2ccc(C)c(C)c2)cs1. The van der Waals surface area contributed by atoms with Gasteiger partial charge in [-0.2, -0.15) is 0 Å². The summed E-state index contributed by atoms with van der Waals surface area (Å²) in [6.45, 7) is 6.12. The second kappa shape index (κ2) is 5.44. The lowest BCUT2D eigenvalue weighted by molar-refractivity contribution is -0.117. The molecule has 1 aromatic heterocycles. The monoisotopic (exact) mass is 259 g/mol. The minimum Gasteiger partial charge on any atom is -0.299 e. The molecule has 2 nitrogen and oxygen atoms in total. The van der Waals surface area contributed by atoms with Crippen LogP contribution < -0.4 is 0 Å². The minimum absolute atomic E-state index is 0.226. The van der Waals surface area contributed by atoms with E-state index in [4.69, 9.17) is 0 Å². The van der Waals surface area contributed by atoms with Crippen molar-refractivity contribution in [1.29, 1.82) is 0 Å². The molecule has 3 heteroatoms. The van der Waals surface area contributed by atoms with Crippen molar-refractivity contribution in [1.82, 2.24) is 4.98 Å². The molecule has 0 aliphatic carbocycles. The quantitative estimate of drug-likeness (QED) is 0.842. The predicted molar refractivity (Wildman–Crippen MR) is 75.2 cm³/mol. The Labute approximate surface area is 112 Å². The first kappa shape index (κ1) is 13.0. The standard InChI is InChI=1S/C15H17NOS/c1-10-4-5-13(6-11(10)2)7-15(17)8-14-9-18-12(3)16-14/h4-6,9H,7-8H2,1-3H3. The van der Waals surface area contributed by atoms with E-state index in [0.717, 1.165) is 16.3 Å². The molecule has 0 spiro atoms. The van der Waals surface area contributed by atoms with Gasteiger partial charge in [-0.3, -0.25) is 4.79 Å². The van der Waals surface area contributed by atoms with E-state index in [1.807, 2.05) is 18.4 Å². The molecular formula is C15H17NOS. The van der Waals surface area contributed by atoms with Crippen molar-refractivity contribution in [2.75, 3.05) is 0 Å². The Morgan fingerprint density at radius 2 is 1.94 bits per heavy atom. The van der Waals surface area contributed by atoms with Gasteiger partial charge in [0.25, 0.3) is 0 Å². The van der Waals surface area contributed by atoms with Crippen LogP contribution in [0.4, 0.5) is 0 Å². The summed E-state index contributed by atoms with van der Waals surface area (Å²) in [6, 6.07) is 6.21. The molecule has 0 fully saturated rings. The predicted octanol–water partition coefficient (Wildman–Crippen LogP) is 3.42. The summed E-state index contributed by atoms with van der Waals surface area (Å²) < 4.78 is 0. The molecule has 2 rings (SSSR count). The third-order valence-corrected chi connectivity index (χ3v) is 3.84. The van der Waals surface area contributed by atoms with E-state index in [-0.39, 0.29) is 5.78 Å². The zero-order chi connectivity index (χ0) is 13.1. The Hall–Kier alpha value is -1.48. The molecule has 1 heterocycles. The highest BCUT2D eigenvalue weighted by atomic mass is 32.1. The van der Waals surface area contributed by atoms with Gasteiger partial charge in [0.05, 0.1) is 10.7 Å². The highest BCUT2D eigenvalue weighted by Crippen LogP contribution is 2.13. The number of hydrogen-bond acceptors (Lipinski definition) is 3. The zero-order valence-corrected chi connectivity index (χ0v) is 11.8. The molecule has 0 radical (unpaired) electrons. The number of aryl methyl sites for hydroxylation is 3. The van der Waals surface area contributed by atoms with Crippen molar-refractivity contribution in [3.05, 3.63) is 51.0 Å². The summed E-state index contributed by atoms with van der Waals surface area (Å²) in [5.41, 5.74) is 4.49. The Morgan fingerprint density at radius 3 is 2.56 bits per heavy atom. The maximum atomic E-state index is 12.0. The summed E-state index contributed by atoms with van der Waals surface area (Å²) in [6.07, 6.45) is 0.939. The van der Waals surface area contributed by atoms with E-state index in [9.17, 15) is 4.79 Å². The number of thiazole rings is 1. The normalized spacial score (nSPS) is 10.6. The third kappa shape index (κ3) is 3.26. The van der Waals surface area contributed by atoms with Gasteiger partial charge in [0.2, 0.25) is 0 Å². The van der Waals surface area contributed by atoms with Crippen molar-refractivity contribution in [3.8, 4) is 0 Å². The Bertz CT molecular complexity index is 572. The molecule has 0 amide bonds. The molecule has 1 aromatic carbocycles. The van der Waals surface area contributed by atoms with E-state index in [1.165, 1.54) is 11.1 Å². The van der Waals surface area contributed by atoms with Crippen LogP contribution in [0.15, 0.2) is 23.6 Å². The smallest absolute Gasteiger partial charge is 0.143 e. The van der Waals surface area contributed by atoms with Gasteiger partial charge in [-0.15, -0.1) is 11.3 Å². The zero-order valence-electron chi connectivity index (χ0n) is 11.0. The van der Waals surface area contributed by atoms with Crippen LogP contribution in [0.1, 0.15) is 27.4 Å². The number of rotatable bonds is 4. The maximum Gasteiger partial charge on any atom is 0.143 e. The molecule has 18 heavy (non-hydrogen) atoms. The number of benzene rings is 1. The van der Waals surface area contributed by atoms with E-state index in [2.05, 4.69) is 31.0 Å². The van der Waals surface area contributed by atoms with Crippen LogP contribution in [-0.4, -0.2) is 10.8 Å². The first-order valence-corrected chi connectivity index (χ1v) is 6.91. The molecular weight excluding hydrogens is 242 g/mol. The Morgan fingerprint density at radius 1 is 1.17 bits per heavy atom.